The highest BCUT2D eigenvalue weighted by Gasteiger charge is 2.08. The van der Waals surface area contributed by atoms with Crippen LogP contribution in [0.1, 0.15) is 29.2 Å². The maximum atomic E-state index is 9.30. The van der Waals surface area contributed by atoms with Gasteiger partial charge in [0.1, 0.15) is 0 Å². The van der Waals surface area contributed by atoms with Gasteiger partial charge in [0.2, 0.25) is 0 Å². The second kappa shape index (κ2) is 4.91. The molecule has 0 aliphatic rings. The molecule has 0 fully saturated rings. The van der Waals surface area contributed by atoms with Gasteiger partial charge in [0.25, 0.3) is 0 Å². The van der Waals surface area contributed by atoms with Crippen molar-refractivity contribution in [3.63, 3.8) is 0 Å². The fourth-order valence-corrected chi connectivity index (χ4v) is 2.17. The van der Waals surface area contributed by atoms with Gasteiger partial charge in [-0.2, -0.15) is 0 Å². The normalized spacial score (nSPS) is 15.5. The molecule has 0 aliphatic carbocycles. The lowest BCUT2D eigenvalue weighted by atomic mass is 10.2. The van der Waals surface area contributed by atoms with Crippen molar-refractivity contribution in [1.29, 1.82) is 0 Å². The highest BCUT2D eigenvalue weighted by atomic mass is 32.1. The van der Waals surface area contributed by atoms with Crippen LogP contribution in [0.5, 0.6) is 0 Å². The quantitative estimate of drug-likeness (QED) is 0.804. The van der Waals surface area contributed by atoms with Crippen LogP contribution in [-0.4, -0.2) is 17.3 Å². The van der Waals surface area contributed by atoms with Gasteiger partial charge in [-0.3, -0.25) is 0 Å². The minimum Gasteiger partial charge on any atom is -0.392 e. The highest BCUT2D eigenvalue weighted by molar-refractivity contribution is 7.12. The second-order valence-corrected chi connectivity index (χ2v) is 5.20. The summed E-state index contributed by atoms with van der Waals surface area (Å²) in [5, 5.41) is 12.6. The zero-order valence-electron chi connectivity index (χ0n) is 9.29. The van der Waals surface area contributed by atoms with E-state index in [1.165, 1.54) is 15.3 Å². The van der Waals surface area contributed by atoms with Crippen LogP contribution in [0.3, 0.4) is 0 Å². The van der Waals surface area contributed by atoms with Gasteiger partial charge in [0.05, 0.1) is 6.10 Å². The number of aliphatic hydroxyl groups is 1. The van der Waals surface area contributed by atoms with Crippen molar-refractivity contribution in [3.8, 4) is 0 Å². The summed E-state index contributed by atoms with van der Waals surface area (Å²) < 4.78 is 0. The first-order valence-corrected chi connectivity index (χ1v) is 5.79. The molecular weight excluding hydrogens is 194 g/mol. The third kappa shape index (κ3) is 3.08. The molecule has 2 unspecified atom stereocenters. The zero-order valence-corrected chi connectivity index (χ0v) is 10.1. The Balaban J connectivity index is 2.46. The Morgan fingerprint density at radius 3 is 2.50 bits per heavy atom. The average molecular weight is 213 g/mol. The molecule has 0 spiro atoms. The van der Waals surface area contributed by atoms with E-state index in [2.05, 4.69) is 25.2 Å². The molecule has 80 valence electrons. The molecule has 1 aromatic heterocycles. The Kier molecular flexibility index (Phi) is 4.11. The summed E-state index contributed by atoms with van der Waals surface area (Å²) >= 11 is 1.82. The molecule has 0 aliphatic heterocycles. The number of nitrogens with one attached hydrogen (secondary N) is 1. The van der Waals surface area contributed by atoms with Gasteiger partial charge in [0.15, 0.2) is 0 Å². The van der Waals surface area contributed by atoms with E-state index in [1.54, 1.807) is 0 Å². The summed E-state index contributed by atoms with van der Waals surface area (Å²) in [4.78, 5) is 2.72. The number of rotatable bonds is 4. The molecule has 0 radical (unpaired) electrons. The summed E-state index contributed by atoms with van der Waals surface area (Å²) in [5.41, 5.74) is 1.36. The van der Waals surface area contributed by atoms with E-state index in [9.17, 15) is 5.11 Å². The van der Waals surface area contributed by atoms with Gasteiger partial charge < -0.3 is 10.4 Å². The van der Waals surface area contributed by atoms with E-state index >= 15 is 0 Å². The first-order chi connectivity index (χ1) is 6.50. The van der Waals surface area contributed by atoms with E-state index in [0.717, 1.165) is 6.54 Å². The zero-order chi connectivity index (χ0) is 10.7. The van der Waals surface area contributed by atoms with E-state index in [-0.39, 0.29) is 12.1 Å². The Hall–Kier alpha value is -0.380. The molecule has 0 amide bonds. The Morgan fingerprint density at radius 2 is 2.07 bits per heavy atom. The lowest BCUT2D eigenvalue weighted by molar-refractivity contribution is 0.152. The summed E-state index contributed by atoms with van der Waals surface area (Å²) in [7, 11) is 0. The van der Waals surface area contributed by atoms with E-state index in [0.29, 0.717) is 0 Å². The number of hydrogen-bond donors (Lipinski definition) is 2. The van der Waals surface area contributed by atoms with Crippen LogP contribution < -0.4 is 5.32 Å². The van der Waals surface area contributed by atoms with Gasteiger partial charge in [-0.25, -0.2) is 0 Å². The third-order valence-electron chi connectivity index (χ3n) is 2.54. The van der Waals surface area contributed by atoms with Gasteiger partial charge in [-0.05, 0) is 39.3 Å². The number of thiophene rings is 1. The third-order valence-corrected chi connectivity index (χ3v) is 3.69. The first kappa shape index (κ1) is 11.7. The highest BCUT2D eigenvalue weighted by Crippen LogP contribution is 2.20. The van der Waals surface area contributed by atoms with Crippen molar-refractivity contribution in [2.75, 3.05) is 0 Å². The lowest BCUT2D eigenvalue weighted by Gasteiger charge is -2.15. The largest absolute Gasteiger partial charge is 0.392 e. The fourth-order valence-electron chi connectivity index (χ4n) is 1.17. The average Bonchev–Trinajstić information content (AvgIpc) is 2.42. The van der Waals surface area contributed by atoms with Crippen LogP contribution in [0.4, 0.5) is 0 Å². The number of hydrogen-bond acceptors (Lipinski definition) is 3. The van der Waals surface area contributed by atoms with Gasteiger partial charge >= 0.3 is 0 Å². The van der Waals surface area contributed by atoms with Gasteiger partial charge in [-0.15, -0.1) is 11.3 Å². The molecule has 1 rings (SSSR count). The predicted molar refractivity (Wildman–Crippen MR) is 61.8 cm³/mol. The standard InChI is InChI=1S/C11H19NOS/c1-7-5-11(14-10(7)4)6-12-8(2)9(3)13/h5,8-9,12-13H,6H2,1-4H3. The van der Waals surface area contributed by atoms with Crippen molar-refractivity contribution < 1.29 is 5.11 Å². The number of aliphatic hydroxyl groups excluding tert-OH is 1. The smallest absolute Gasteiger partial charge is 0.0662 e. The minimum atomic E-state index is -0.294. The molecule has 3 heteroatoms. The van der Waals surface area contributed by atoms with Gasteiger partial charge in [-0.1, -0.05) is 0 Å². The lowest BCUT2D eigenvalue weighted by Crippen LogP contribution is -2.34. The molecule has 0 bridgehead atoms. The van der Waals surface area contributed by atoms with Crippen LogP contribution in [0.15, 0.2) is 6.07 Å². The Labute approximate surface area is 90.0 Å². The van der Waals surface area contributed by atoms with Crippen LogP contribution in [0, 0.1) is 13.8 Å². The minimum absolute atomic E-state index is 0.151. The van der Waals surface area contributed by atoms with Crippen LogP contribution in [0.2, 0.25) is 0 Å². The monoisotopic (exact) mass is 213 g/mol. The molecule has 0 saturated heterocycles. The molecule has 2 nitrogen and oxygen atoms in total. The van der Waals surface area contributed by atoms with Crippen molar-refractivity contribution in [3.05, 3.63) is 21.4 Å². The molecule has 0 aromatic carbocycles. The Morgan fingerprint density at radius 1 is 1.43 bits per heavy atom. The van der Waals surface area contributed by atoms with Gasteiger partial charge in [0, 0.05) is 22.3 Å². The van der Waals surface area contributed by atoms with E-state index in [1.807, 2.05) is 25.2 Å². The molecule has 2 N–H and O–H groups in total. The summed E-state index contributed by atoms with van der Waals surface area (Å²) in [6, 6.07) is 2.36. The van der Waals surface area contributed by atoms with Crippen molar-refractivity contribution >= 4 is 11.3 Å². The summed E-state index contributed by atoms with van der Waals surface area (Å²) in [5.74, 6) is 0. The van der Waals surface area contributed by atoms with Crippen molar-refractivity contribution in [2.45, 2.75) is 46.4 Å². The van der Waals surface area contributed by atoms with Crippen molar-refractivity contribution in [1.82, 2.24) is 5.32 Å². The van der Waals surface area contributed by atoms with E-state index in [4.69, 9.17) is 0 Å². The molecule has 0 saturated carbocycles. The van der Waals surface area contributed by atoms with Crippen LogP contribution in [0.25, 0.3) is 0 Å². The fraction of sp³-hybridized carbons (Fsp3) is 0.636. The molecule has 1 aromatic rings. The van der Waals surface area contributed by atoms with E-state index < -0.39 is 0 Å². The SMILES string of the molecule is Cc1cc(CNC(C)C(C)O)sc1C. The maximum absolute atomic E-state index is 9.30. The molecular formula is C11H19NOS. The Bertz CT molecular complexity index is 274. The molecule has 14 heavy (non-hydrogen) atoms. The van der Waals surface area contributed by atoms with Crippen LogP contribution in [-0.2, 0) is 6.54 Å². The van der Waals surface area contributed by atoms with Crippen LogP contribution >= 0.6 is 11.3 Å². The predicted octanol–water partition coefficient (Wildman–Crippen LogP) is 2.22. The summed E-state index contributed by atoms with van der Waals surface area (Å²) in [6.07, 6.45) is -0.294. The number of aryl methyl sites for hydroxylation is 2. The molecule has 1 heterocycles. The van der Waals surface area contributed by atoms with Crippen molar-refractivity contribution in [2.24, 2.45) is 0 Å². The topological polar surface area (TPSA) is 32.3 Å². The molecule has 2 atom stereocenters. The maximum Gasteiger partial charge on any atom is 0.0662 e. The second-order valence-electron chi connectivity index (χ2n) is 3.86. The summed E-state index contributed by atoms with van der Waals surface area (Å²) in [6.45, 7) is 8.93. The first-order valence-electron chi connectivity index (χ1n) is 4.98.